The molecule has 0 saturated heterocycles. The maximum Gasteiger partial charge on any atom is 0.207 e. The van der Waals surface area contributed by atoms with Gasteiger partial charge in [0.25, 0.3) is 0 Å². The fraction of sp³-hybridized carbons (Fsp3) is 0. The van der Waals surface area contributed by atoms with Crippen molar-refractivity contribution >= 4 is 9.84 Å². The van der Waals surface area contributed by atoms with Gasteiger partial charge in [-0.05, 0) is 110 Å². The molecule has 0 unspecified atom stereocenters. The highest BCUT2D eigenvalue weighted by Crippen LogP contribution is 2.47. The second kappa shape index (κ2) is 16.2. The van der Waals surface area contributed by atoms with Crippen LogP contribution in [-0.2, 0) is 9.84 Å². The molecule has 0 spiro atoms. The van der Waals surface area contributed by atoms with Crippen molar-refractivity contribution in [1.82, 2.24) is 15.0 Å². The summed E-state index contributed by atoms with van der Waals surface area (Å²) in [6.07, 6.45) is 0. The van der Waals surface area contributed by atoms with E-state index in [1.807, 2.05) is 127 Å². The minimum atomic E-state index is -4.09. The number of halogens is 2. The highest BCUT2D eigenvalue weighted by Gasteiger charge is 2.29. The van der Waals surface area contributed by atoms with Gasteiger partial charge < -0.3 is 0 Å². The number of fused-ring (bicyclic) bond motifs is 9. The van der Waals surface area contributed by atoms with Gasteiger partial charge in [-0.1, -0.05) is 158 Å². The first-order valence-electron chi connectivity index (χ1n) is 21.0. The van der Waals surface area contributed by atoms with Gasteiger partial charge >= 0.3 is 0 Å². The maximum absolute atomic E-state index is 15.1. The first kappa shape index (κ1) is 39.6. The van der Waals surface area contributed by atoms with Gasteiger partial charge in [0.05, 0.1) is 9.79 Å². The first-order valence-corrected chi connectivity index (χ1v) is 22.5. The molecule has 0 bridgehead atoms. The summed E-state index contributed by atoms with van der Waals surface area (Å²) in [5.74, 6) is 0.524. The number of benzene rings is 9. The molecule has 310 valence electrons. The molecule has 8 heteroatoms. The zero-order valence-electron chi connectivity index (χ0n) is 34.5. The van der Waals surface area contributed by atoms with Crippen LogP contribution in [-0.4, -0.2) is 23.4 Å². The lowest BCUT2D eigenvalue weighted by molar-refractivity contribution is 0.596. The van der Waals surface area contributed by atoms with Crippen molar-refractivity contribution in [3.05, 3.63) is 224 Å². The van der Waals surface area contributed by atoms with Gasteiger partial charge in [-0.15, -0.1) is 0 Å². The second-order valence-corrected chi connectivity index (χ2v) is 17.7. The minimum absolute atomic E-state index is 0.176. The van der Waals surface area contributed by atoms with Crippen molar-refractivity contribution < 1.29 is 17.2 Å². The van der Waals surface area contributed by atoms with Gasteiger partial charge in [-0.25, -0.2) is 32.2 Å². The standard InChI is InChI=1S/C57H35F2N3O2S/c58-43-28-23-36(24-29-43)38-11-9-13-40(33-38)55-60-56(41-14-10-12-39(34-41)37-25-30-44(59)31-26-37)62-57(61-55)42-27-32-49-47-17-2-1-15-45(47)46-16-3-4-18-48(46)50-19-5-7-21-53(50)65(63,64)54-22-8-6-20-51(54)52(49)35-42/h1-35H. The highest BCUT2D eigenvalue weighted by atomic mass is 32.2. The van der Waals surface area contributed by atoms with E-state index in [2.05, 4.69) is 12.1 Å². The summed E-state index contributed by atoms with van der Waals surface area (Å²) in [5, 5.41) is 0. The lowest BCUT2D eigenvalue weighted by atomic mass is 9.86. The Morgan fingerprint density at radius 3 is 1.05 bits per heavy atom. The molecule has 2 heterocycles. The Morgan fingerprint density at radius 1 is 0.277 bits per heavy atom. The SMILES string of the molecule is O=S1(=O)c2ccccc2-c2ccccc2-c2ccccc2-c2ccc(-c3nc(-c4cccc(-c5ccc(F)cc5)c4)nc(-c4cccc(-c5ccc(F)cc5)c4)n3)cc2-c2ccccc21. The third-order valence-corrected chi connectivity index (χ3v) is 13.7. The zero-order valence-corrected chi connectivity index (χ0v) is 35.3. The summed E-state index contributed by atoms with van der Waals surface area (Å²) in [4.78, 5) is 15.7. The molecule has 0 saturated carbocycles. The van der Waals surface area contributed by atoms with Gasteiger partial charge in [0.1, 0.15) is 11.6 Å². The van der Waals surface area contributed by atoms with Crippen molar-refractivity contribution in [1.29, 1.82) is 0 Å². The second-order valence-electron chi connectivity index (χ2n) is 15.8. The zero-order chi connectivity index (χ0) is 44.1. The third-order valence-electron chi connectivity index (χ3n) is 11.9. The Balaban J connectivity index is 1.16. The molecule has 1 aliphatic heterocycles. The largest absolute Gasteiger partial charge is 0.218 e. The molecule has 9 aromatic carbocycles. The van der Waals surface area contributed by atoms with E-state index < -0.39 is 9.84 Å². The molecule has 0 atom stereocenters. The Morgan fingerprint density at radius 2 is 0.600 bits per heavy atom. The van der Waals surface area contributed by atoms with Crippen LogP contribution in [0.15, 0.2) is 222 Å². The lowest BCUT2D eigenvalue weighted by Crippen LogP contribution is -2.06. The predicted molar refractivity (Wildman–Crippen MR) is 254 cm³/mol. The molecule has 0 fully saturated rings. The number of sulfone groups is 1. The Labute approximate surface area is 375 Å². The number of hydrogen-bond donors (Lipinski definition) is 0. The van der Waals surface area contributed by atoms with E-state index in [4.69, 9.17) is 15.0 Å². The van der Waals surface area contributed by atoms with Crippen molar-refractivity contribution in [2.45, 2.75) is 9.79 Å². The topological polar surface area (TPSA) is 72.8 Å². The van der Waals surface area contributed by atoms with Crippen molar-refractivity contribution in [3.63, 3.8) is 0 Å². The third kappa shape index (κ3) is 7.29. The van der Waals surface area contributed by atoms with Gasteiger partial charge in [-0.2, -0.15) is 0 Å². The average molecular weight is 864 g/mol. The van der Waals surface area contributed by atoms with E-state index in [-0.39, 0.29) is 21.4 Å². The molecule has 0 N–H and O–H groups in total. The summed E-state index contributed by atoms with van der Waals surface area (Å²) >= 11 is 0. The maximum atomic E-state index is 15.1. The Kier molecular flexibility index (Phi) is 9.86. The number of nitrogens with zero attached hydrogens (tertiary/aromatic N) is 3. The summed E-state index contributed by atoms with van der Waals surface area (Å²) in [6, 6.07) is 64.6. The molecule has 5 nitrogen and oxygen atoms in total. The van der Waals surface area contributed by atoms with E-state index in [1.54, 1.807) is 48.5 Å². The van der Waals surface area contributed by atoms with E-state index in [9.17, 15) is 8.78 Å². The number of hydrogen-bond acceptors (Lipinski definition) is 5. The highest BCUT2D eigenvalue weighted by molar-refractivity contribution is 7.91. The van der Waals surface area contributed by atoms with E-state index in [0.29, 0.717) is 50.9 Å². The van der Waals surface area contributed by atoms with Crippen LogP contribution in [0.5, 0.6) is 0 Å². The molecule has 1 aromatic heterocycles. The van der Waals surface area contributed by atoms with Crippen LogP contribution >= 0.6 is 0 Å². The molecule has 0 amide bonds. The summed E-state index contributed by atoms with van der Waals surface area (Å²) in [7, 11) is -4.09. The summed E-state index contributed by atoms with van der Waals surface area (Å²) < 4.78 is 58.1. The van der Waals surface area contributed by atoms with Crippen molar-refractivity contribution in [2.75, 3.05) is 0 Å². The predicted octanol–water partition coefficient (Wildman–Crippen LogP) is 14.3. The molecule has 1 aliphatic rings. The van der Waals surface area contributed by atoms with E-state index in [0.717, 1.165) is 50.1 Å². The molecule has 65 heavy (non-hydrogen) atoms. The average Bonchev–Trinajstić information content (AvgIpc) is 3.37. The van der Waals surface area contributed by atoms with Crippen LogP contribution in [0.25, 0.3) is 101 Å². The van der Waals surface area contributed by atoms with Crippen molar-refractivity contribution in [3.8, 4) is 101 Å². The fourth-order valence-corrected chi connectivity index (χ4v) is 10.4. The molecular weight excluding hydrogens is 829 g/mol. The lowest BCUT2D eigenvalue weighted by Gasteiger charge is -2.18. The van der Waals surface area contributed by atoms with Crippen LogP contribution in [0.2, 0.25) is 0 Å². The Hall–Kier alpha value is -8.20. The van der Waals surface area contributed by atoms with E-state index >= 15 is 8.42 Å². The van der Waals surface area contributed by atoms with E-state index in [1.165, 1.54) is 24.3 Å². The number of aromatic nitrogens is 3. The monoisotopic (exact) mass is 863 g/mol. The molecule has 0 aliphatic carbocycles. The normalized spacial score (nSPS) is 12.4. The summed E-state index contributed by atoms with van der Waals surface area (Å²) in [6.45, 7) is 0. The fourth-order valence-electron chi connectivity index (χ4n) is 8.74. The van der Waals surface area contributed by atoms with Crippen molar-refractivity contribution in [2.24, 2.45) is 0 Å². The van der Waals surface area contributed by atoms with Crippen LogP contribution in [0.4, 0.5) is 8.78 Å². The smallest absolute Gasteiger partial charge is 0.207 e. The van der Waals surface area contributed by atoms with Gasteiger partial charge in [-0.3, -0.25) is 0 Å². The first-order chi connectivity index (χ1) is 31.8. The molecule has 11 rings (SSSR count). The van der Waals surface area contributed by atoms with Crippen LogP contribution < -0.4 is 0 Å². The Bertz CT molecular complexity index is 3490. The van der Waals surface area contributed by atoms with Crippen LogP contribution in [0, 0.1) is 11.6 Å². The molecule has 0 radical (unpaired) electrons. The van der Waals surface area contributed by atoms with Crippen LogP contribution in [0.3, 0.4) is 0 Å². The summed E-state index contributed by atoms with van der Waals surface area (Å²) in [5.41, 5.74) is 11.7. The molecular formula is C57H35F2N3O2S. The van der Waals surface area contributed by atoms with Gasteiger partial charge in [0.2, 0.25) is 9.84 Å². The molecule has 10 aromatic rings. The quantitative estimate of drug-likeness (QED) is 0.172. The van der Waals surface area contributed by atoms with Gasteiger partial charge in [0.15, 0.2) is 17.5 Å². The minimum Gasteiger partial charge on any atom is -0.218 e. The van der Waals surface area contributed by atoms with Gasteiger partial charge in [0, 0.05) is 27.8 Å². The number of rotatable bonds is 5. The van der Waals surface area contributed by atoms with Crippen LogP contribution in [0.1, 0.15) is 0 Å².